The van der Waals surface area contributed by atoms with Crippen LogP contribution in [0.4, 0.5) is 0 Å². The molecule has 0 aliphatic carbocycles. The lowest BCUT2D eigenvalue weighted by Crippen LogP contribution is -2.48. The van der Waals surface area contributed by atoms with Gasteiger partial charge in [0, 0.05) is 61.2 Å². The Bertz CT molecular complexity index is 1410. The van der Waals surface area contributed by atoms with E-state index in [1.54, 1.807) is 12.4 Å². The zero-order chi connectivity index (χ0) is 32.3. The minimum Gasteiger partial charge on any atom is -0.365 e. The molecule has 3 saturated heterocycles. The van der Waals surface area contributed by atoms with Gasteiger partial charge in [0.05, 0.1) is 22.9 Å². The van der Waals surface area contributed by atoms with Gasteiger partial charge in [-0.1, -0.05) is 23.2 Å². The van der Waals surface area contributed by atoms with Crippen LogP contribution < -0.4 is 5.32 Å². The average molecular weight is 704 g/mol. The Kier molecular flexibility index (Phi) is 12.9. The molecule has 3 fully saturated rings. The van der Waals surface area contributed by atoms with Crippen molar-refractivity contribution in [2.45, 2.75) is 63.9 Å². The second kappa shape index (κ2) is 16.8. The van der Waals surface area contributed by atoms with E-state index in [1.807, 2.05) is 4.90 Å². The first kappa shape index (κ1) is 34.5. The van der Waals surface area contributed by atoms with E-state index in [2.05, 4.69) is 25.1 Å². The molecule has 244 valence electrons. The smallest absolute Gasteiger partial charge is 0.314 e. The van der Waals surface area contributed by atoms with E-state index in [0.29, 0.717) is 53.7 Å². The molecule has 2 bridgehead atoms. The lowest BCUT2D eigenvalue weighted by molar-refractivity contribution is -0.448. The van der Waals surface area contributed by atoms with Crippen LogP contribution in [0, 0.1) is 20.2 Å². The quantitative estimate of drug-likeness (QED) is 0.162. The highest BCUT2D eigenvalue weighted by Crippen LogP contribution is 2.40. The Hall–Kier alpha value is -3.38. The molecule has 2 atom stereocenters. The van der Waals surface area contributed by atoms with E-state index in [0.717, 1.165) is 73.2 Å². The van der Waals surface area contributed by atoms with E-state index >= 15 is 0 Å². The van der Waals surface area contributed by atoms with Crippen LogP contribution in [0.3, 0.4) is 0 Å². The number of carbonyl (C=O) groups is 2. The minimum absolute atomic E-state index is 0.0208. The van der Waals surface area contributed by atoms with Crippen LogP contribution in [0.15, 0.2) is 35.9 Å². The predicted molar refractivity (Wildman–Crippen MR) is 167 cm³/mol. The first-order chi connectivity index (χ1) is 21.7. The van der Waals surface area contributed by atoms with Crippen LogP contribution in [0.2, 0.25) is 8.93 Å². The number of aromatic nitrogens is 2. The van der Waals surface area contributed by atoms with E-state index in [9.17, 15) is 29.8 Å². The molecular weight excluding hydrogens is 671 g/mol. The largest absolute Gasteiger partial charge is 0.365 e. The number of unbranched alkanes of at least 4 members (excludes halogenated alkanes) is 2. The summed E-state index contributed by atoms with van der Waals surface area (Å²) in [7, 11) is 0. The third-order valence-electron chi connectivity index (χ3n) is 7.14. The molecule has 4 aliphatic heterocycles. The maximum atomic E-state index is 11.6. The molecule has 0 radical (unpaired) electrons. The second-order valence-corrected chi connectivity index (χ2v) is 13.6. The van der Waals surface area contributed by atoms with Crippen LogP contribution in [0.5, 0.6) is 0 Å². The molecule has 0 unspecified atom stereocenters. The Morgan fingerprint density at radius 2 is 1.62 bits per heavy atom. The predicted octanol–water partition coefficient (Wildman–Crippen LogP) is 4.10. The number of nitrogens with zero attached hydrogens (tertiary/aromatic N) is 7. The number of aldehydes is 2. The fourth-order valence-electron chi connectivity index (χ4n) is 5.26. The van der Waals surface area contributed by atoms with Crippen molar-refractivity contribution in [2.24, 2.45) is 0 Å². The fourth-order valence-corrected chi connectivity index (χ4v) is 7.25. The minimum atomic E-state index is -0.458. The van der Waals surface area contributed by atoms with Gasteiger partial charge in [0.15, 0.2) is 26.7 Å². The molecule has 0 aromatic carbocycles. The van der Waals surface area contributed by atoms with Crippen LogP contribution in [0.25, 0.3) is 0 Å². The second-order valence-electron chi connectivity index (χ2n) is 10.2. The summed E-state index contributed by atoms with van der Waals surface area (Å²) in [5.74, 6) is 1.27. The van der Waals surface area contributed by atoms with E-state index in [4.69, 9.17) is 27.9 Å². The number of hydrogen-bond acceptors (Lipinski definition) is 15. The van der Waals surface area contributed by atoms with E-state index in [1.165, 1.54) is 22.7 Å². The van der Waals surface area contributed by atoms with Gasteiger partial charge in [-0.25, -0.2) is 9.97 Å². The first-order valence-corrected chi connectivity index (χ1v) is 16.6. The Morgan fingerprint density at radius 3 is 2.18 bits per heavy atom. The van der Waals surface area contributed by atoms with Gasteiger partial charge in [-0.15, -0.1) is 22.7 Å². The Morgan fingerprint density at radius 1 is 0.978 bits per heavy atom. The highest BCUT2D eigenvalue weighted by Gasteiger charge is 2.48. The summed E-state index contributed by atoms with van der Waals surface area (Å²) in [5.41, 5.74) is 0.212. The van der Waals surface area contributed by atoms with Crippen molar-refractivity contribution in [3.05, 3.63) is 74.8 Å². The van der Waals surface area contributed by atoms with Crippen molar-refractivity contribution in [2.75, 3.05) is 26.2 Å². The van der Waals surface area contributed by atoms with Crippen molar-refractivity contribution in [3.8, 4) is 0 Å². The number of rotatable bonds is 10. The summed E-state index contributed by atoms with van der Waals surface area (Å²) in [4.78, 5) is 56.4. The molecule has 0 amide bonds. The van der Waals surface area contributed by atoms with Gasteiger partial charge in [-0.05, 0) is 25.7 Å². The topological polar surface area (TPSA) is 177 Å². The highest BCUT2D eigenvalue weighted by molar-refractivity contribution is 7.16. The first-order valence-electron chi connectivity index (χ1n) is 14.2. The third-order valence-corrected chi connectivity index (χ3v) is 9.34. The number of nitrogens with one attached hydrogen (secondary N) is 1. The van der Waals surface area contributed by atoms with Crippen LogP contribution in [0.1, 0.15) is 48.3 Å². The SMILES string of the molecule is O=CCCCC=O.O=[N+]([O-])/C=C1\NCCN1Cc1cnc(Cl)s1.O=[N+]([O-])C1=C2N(Cc3cnc(Cl)s3)CCN2[C@H]2CCC[C@@H]1O2. The molecule has 15 nitrogen and oxygen atoms in total. The lowest BCUT2D eigenvalue weighted by atomic mass is 10.0. The number of halogens is 2. The molecule has 0 saturated carbocycles. The molecule has 6 heterocycles. The summed E-state index contributed by atoms with van der Waals surface area (Å²) < 4.78 is 6.87. The lowest BCUT2D eigenvalue weighted by Gasteiger charge is -2.41. The zero-order valence-electron chi connectivity index (χ0n) is 24.1. The number of fused-ring (bicyclic) bond motifs is 4. The molecule has 1 N–H and O–H groups in total. The molecule has 2 aromatic rings. The summed E-state index contributed by atoms with van der Waals surface area (Å²) in [6.07, 6.45) is 10.0. The van der Waals surface area contributed by atoms with Crippen LogP contribution in [-0.4, -0.2) is 85.6 Å². The summed E-state index contributed by atoms with van der Waals surface area (Å²) in [6.45, 7) is 4.18. The summed E-state index contributed by atoms with van der Waals surface area (Å²) >= 11 is 14.4. The zero-order valence-corrected chi connectivity index (χ0v) is 27.2. The van der Waals surface area contributed by atoms with Gasteiger partial charge in [-0.3, -0.25) is 20.2 Å². The molecule has 2 aromatic heterocycles. The Labute approximate surface area is 276 Å². The van der Waals surface area contributed by atoms with Crippen LogP contribution in [-0.2, 0) is 27.4 Å². The van der Waals surface area contributed by atoms with Gasteiger partial charge in [-0.2, -0.15) is 0 Å². The van der Waals surface area contributed by atoms with Crippen molar-refractivity contribution in [3.63, 3.8) is 0 Å². The number of hydrogen-bond donors (Lipinski definition) is 1. The third kappa shape index (κ3) is 9.56. The van der Waals surface area contributed by atoms with Crippen molar-refractivity contribution < 1.29 is 24.2 Å². The number of nitro groups is 2. The Balaban J connectivity index is 0.000000176. The maximum Gasteiger partial charge on any atom is 0.314 e. The maximum absolute atomic E-state index is 11.6. The summed E-state index contributed by atoms with van der Waals surface area (Å²) in [5, 5.41) is 24.9. The highest BCUT2D eigenvalue weighted by atomic mass is 35.5. The van der Waals surface area contributed by atoms with Gasteiger partial charge in [0.1, 0.15) is 18.8 Å². The monoisotopic (exact) mass is 702 g/mol. The number of thiazole rings is 2. The molecule has 0 spiro atoms. The standard InChI is InChI=1S/C13H15ClN4O3S.C8H9ClN4O2S.C5H8O2/c14-13-15-6-8(22-13)7-16-4-5-17-10-3-1-2-9(21-10)11(12(16)17)18(19)20;9-8-11-3-6(16-8)4-12-2-1-10-7(12)5-13(14)15;6-4-2-1-3-5-7/h6,9-10H,1-5,7H2;3,5,10H,1-2,4H2;4-5H,1-3H2/b;7-5+;/t9-,10+;;/m0../s1. The number of carbonyl (C=O) groups excluding carboxylic acids is 2. The average Bonchev–Trinajstić information content (AvgIpc) is 3.80. The van der Waals surface area contributed by atoms with Crippen molar-refractivity contribution in [1.29, 1.82) is 0 Å². The fraction of sp³-hybridized carbons (Fsp3) is 0.538. The summed E-state index contributed by atoms with van der Waals surface area (Å²) in [6, 6.07) is 0. The normalized spacial score (nSPS) is 20.9. The van der Waals surface area contributed by atoms with Gasteiger partial charge >= 0.3 is 5.70 Å². The van der Waals surface area contributed by atoms with E-state index < -0.39 is 4.92 Å². The number of ether oxygens (including phenoxy) is 1. The van der Waals surface area contributed by atoms with Crippen molar-refractivity contribution in [1.82, 2.24) is 30.0 Å². The molecule has 6 rings (SSSR count). The molecular formula is C26H32Cl2N8O7S2. The van der Waals surface area contributed by atoms with Gasteiger partial charge in [0.2, 0.25) is 0 Å². The molecule has 19 heteroatoms. The van der Waals surface area contributed by atoms with Crippen molar-refractivity contribution >= 4 is 58.4 Å². The van der Waals surface area contributed by atoms with E-state index in [-0.39, 0.29) is 23.0 Å². The molecule has 45 heavy (non-hydrogen) atoms. The van der Waals surface area contributed by atoms with Gasteiger partial charge in [0.25, 0.3) is 6.20 Å². The molecule has 4 aliphatic rings. The van der Waals surface area contributed by atoms with Crippen LogP contribution >= 0.6 is 45.9 Å². The van der Waals surface area contributed by atoms with Gasteiger partial charge < -0.3 is 34.3 Å².